The minimum absolute atomic E-state index is 0.284. The van der Waals surface area contributed by atoms with Crippen LogP contribution >= 0.6 is 0 Å². The fraction of sp³-hybridized carbons (Fsp3) is 0.250. The number of hydrogen-bond acceptors (Lipinski definition) is 5. The summed E-state index contributed by atoms with van der Waals surface area (Å²) in [7, 11) is 0. The highest BCUT2D eigenvalue weighted by atomic mass is 16.5. The summed E-state index contributed by atoms with van der Waals surface area (Å²) in [5.41, 5.74) is 7.02. The molecular formula is C12H12N2O3. The van der Waals surface area contributed by atoms with Crippen LogP contribution in [-0.2, 0) is 0 Å². The van der Waals surface area contributed by atoms with Crippen molar-refractivity contribution in [3.05, 3.63) is 24.3 Å². The zero-order chi connectivity index (χ0) is 11.7. The molecule has 2 N–H and O–H groups in total. The van der Waals surface area contributed by atoms with Gasteiger partial charge in [0.15, 0.2) is 11.5 Å². The molecule has 1 aromatic carbocycles. The lowest BCUT2D eigenvalue weighted by Gasteiger charge is -2.10. The van der Waals surface area contributed by atoms with E-state index in [1.165, 1.54) is 0 Å². The molecule has 0 bridgehead atoms. The molecule has 17 heavy (non-hydrogen) atoms. The zero-order valence-corrected chi connectivity index (χ0v) is 9.18. The van der Waals surface area contributed by atoms with Gasteiger partial charge in [0.1, 0.15) is 5.69 Å². The van der Waals surface area contributed by atoms with Gasteiger partial charge in [0.25, 0.3) is 0 Å². The van der Waals surface area contributed by atoms with E-state index in [0.717, 1.165) is 17.7 Å². The number of para-hydroxylation sites is 1. The fourth-order valence-corrected chi connectivity index (χ4v) is 1.81. The molecule has 0 unspecified atom stereocenters. The highest BCUT2D eigenvalue weighted by Gasteiger charge is 2.17. The predicted molar refractivity (Wildman–Crippen MR) is 62.0 cm³/mol. The van der Waals surface area contributed by atoms with Gasteiger partial charge in [0.2, 0.25) is 5.88 Å². The summed E-state index contributed by atoms with van der Waals surface area (Å²) in [6.07, 6.45) is 0.870. The molecule has 5 nitrogen and oxygen atoms in total. The molecule has 0 atom stereocenters. The van der Waals surface area contributed by atoms with Crippen molar-refractivity contribution < 1.29 is 14.0 Å². The second kappa shape index (κ2) is 4.01. The third-order valence-electron chi connectivity index (χ3n) is 2.58. The van der Waals surface area contributed by atoms with Crippen LogP contribution in [-0.4, -0.2) is 18.4 Å². The summed E-state index contributed by atoms with van der Waals surface area (Å²) in [6.45, 7) is 1.30. The smallest absolute Gasteiger partial charge is 0.222 e. The van der Waals surface area contributed by atoms with Gasteiger partial charge in [-0.25, -0.2) is 0 Å². The summed E-state index contributed by atoms with van der Waals surface area (Å²) in [4.78, 5) is 0. The molecule has 2 aromatic rings. The molecule has 1 aliphatic rings. The number of nitrogens with zero attached hydrogens (tertiary/aromatic N) is 1. The number of rotatable bonds is 1. The molecule has 0 aliphatic carbocycles. The van der Waals surface area contributed by atoms with Gasteiger partial charge in [0, 0.05) is 18.1 Å². The lowest BCUT2D eigenvalue weighted by molar-refractivity contribution is 0.297. The third kappa shape index (κ3) is 1.80. The van der Waals surface area contributed by atoms with E-state index in [2.05, 4.69) is 5.16 Å². The Balaban J connectivity index is 2.11. The molecule has 0 fully saturated rings. The third-order valence-corrected chi connectivity index (χ3v) is 2.58. The van der Waals surface area contributed by atoms with E-state index in [0.29, 0.717) is 24.7 Å². The number of nitrogen functional groups attached to an aromatic ring is 1. The van der Waals surface area contributed by atoms with Crippen LogP contribution in [0.25, 0.3) is 11.3 Å². The summed E-state index contributed by atoms with van der Waals surface area (Å²) in [5.74, 6) is 1.73. The molecule has 0 spiro atoms. The van der Waals surface area contributed by atoms with Crippen molar-refractivity contribution in [1.29, 1.82) is 0 Å². The fourth-order valence-electron chi connectivity index (χ4n) is 1.81. The summed E-state index contributed by atoms with van der Waals surface area (Å²) >= 11 is 0. The molecular weight excluding hydrogens is 220 g/mol. The largest absolute Gasteiger partial charge is 0.490 e. The summed E-state index contributed by atoms with van der Waals surface area (Å²) in [5, 5.41) is 3.89. The lowest BCUT2D eigenvalue weighted by atomic mass is 10.1. The van der Waals surface area contributed by atoms with Crippen molar-refractivity contribution in [1.82, 2.24) is 5.16 Å². The second-order valence-corrected chi connectivity index (χ2v) is 3.80. The first-order valence-electron chi connectivity index (χ1n) is 5.46. The minimum atomic E-state index is 0.284. The van der Waals surface area contributed by atoms with E-state index in [1.807, 2.05) is 18.2 Å². The Kier molecular flexibility index (Phi) is 2.36. The van der Waals surface area contributed by atoms with Gasteiger partial charge >= 0.3 is 0 Å². The monoisotopic (exact) mass is 232 g/mol. The van der Waals surface area contributed by atoms with Crippen molar-refractivity contribution >= 4 is 5.88 Å². The van der Waals surface area contributed by atoms with Crippen LogP contribution in [0.4, 0.5) is 5.88 Å². The maximum absolute atomic E-state index is 5.70. The molecule has 0 radical (unpaired) electrons. The number of ether oxygens (including phenoxy) is 2. The van der Waals surface area contributed by atoms with Gasteiger partial charge in [-0.15, -0.1) is 0 Å². The Hall–Kier alpha value is -2.17. The minimum Gasteiger partial charge on any atom is -0.490 e. The van der Waals surface area contributed by atoms with E-state index < -0.39 is 0 Å². The van der Waals surface area contributed by atoms with E-state index in [9.17, 15) is 0 Å². The van der Waals surface area contributed by atoms with Gasteiger partial charge in [0.05, 0.1) is 13.2 Å². The normalized spacial score (nSPS) is 14.4. The van der Waals surface area contributed by atoms with Crippen LogP contribution < -0.4 is 15.2 Å². The topological polar surface area (TPSA) is 70.5 Å². The van der Waals surface area contributed by atoms with E-state index in [4.69, 9.17) is 19.7 Å². The van der Waals surface area contributed by atoms with Crippen molar-refractivity contribution in [3.63, 3.8) is 0 Å². The molecule has 88 valence electrons. The van der Waals surface area contributed by atoms with Crippen LogP contribution in [0.1, 0.15) is 6.42 Å². The van der Waals surface area contributed by atoms with Crippen molar-refractivity contribution in [2.24, 2.45) is 0 Å². The first-order valence-corrected chi connectivity index (χ1v) is 5.46. The molecule has 0 amide bonds. The van der Waals surface area contributed by atoms with E-state index in [1.54, 1.807) is 6.07 Å². The van der Waals surface area contributed by atoms with Crippen molar-refractivity contribution in [3.8, 4) is 22.8 Å². The second-order valence-electron chi connectivity index (χ2n) is 3.80. The van der Waals surface area contributed by atoms with Gasteiger partial charge in [-0.05, 0) is 12.1 Å². The SMILES string of the molecule is Nc1cc(-c2cccc3c2OCCCO3)no1. The first-order chi connectivity index (χ1) is 8.34. The molecule has 0 saturated heterocycles. The molecule has 2 heterocycles. The van der Waals surface area contributed by atoms with Gasteiger partial charge in [-0.3, -0.25) is 0 Å². The summed E-state index contributed by atoms with van der Waals surface area (Å²) < 4.78 is 16.2. The predicted octanol–water partition coefficient (Wildman–Crippen LogP) is 2.09. The maximum Gasteiger partial charge on any atom is 0.222 e. The lowest BCUT2D eigenvalue weighted by Crippen LogP contribution is -1.98. The molecule has 1 aliphatic heterocycles. The quantitative estimate of drug-likeness (QED) is 0.815. The van der Waals surface area contributed by atoms with Gasteiger partial charge in [-0.2, -0.15) is 0 Å². The number of hydrogen-bond donors (Lipinski definition) is 1. The molecule has 0 saturated carbocycles. The Labute approximate surface area is 98.1 Å². The van der Waals surface area contributed by atoms with Crippen molar-refractivity contribution in [2.75, 3.05) is 18.9 Å². The average Bonchev–Trinajstić information content (AvgIpc) is 2.63. The number of fused-ring (bicyclic) bond motifs is 1. The highest BCUT2D eigenvalue weighted by Crippen LogP contribution is 2.39. The number of anilines is 1. The zero-order valence-electron chi connectivity index (χ0n) is 9.18. The molecule has 3 rings (SSSR count). The number of benzene rings is 1. The van der Waals surface area contributed by atoms with Crippen molar-refractivity contribution in [2.45, 2.75) is 6.42 Å². The average molecular weight is 232 g/mol. The van der Waals surface area contributed by atoms with E-state index in [-0.39, 0.29) is 5.88 Å². The van der Waals surface area contributed by atoms with Crippen LogP contribution in [0.3, 0.4) is 0 Å². The van der Waals surface area contributed by atoms with Crippen LogP contribution in [0.15, 0.2) is 28.8 Å². The van der Waals surface area contributed by atoms with Crippen LogP contribution in [0.5, 0.6) is 11.5 Å². The van der Waals surface area contributed by atoms with Gasteiger partial charge in [-0.1, -0.05) is 11.2 Å². The van der Waals surface area contributed by atoms with Gasteiger partial charge < -0.3 is 19.7 Å². The Bertz CT molecular complexity index is 536. The van der Waals surface area contributed by atoms with E-state index >= 15 is 0 Å². The Morgan fingerprint density at radius 3 is 2.88 bits per heavy atom. The number of aromatic nitrogens is 1. The molecule has 1 aromatic heterocycles. The Morgan fingerprint density at radius 2 is 2.06 bits per heavy atom. The molecule has 5 heteroatoms. The Morgan fingerprint density at radius 1 is 1.18 bits per heavy atom. The van der Waals surface area contributed by atoms with Crippen LogP contribution in [0.2, 0.25) is 0 Å². The standard InChI is InChI=1S/C12H12N2O3/c13-11-7-9(14-17-11)8-3-1-4-10-12(8)16-6-2-5-15-10/h1,3-4,7H,2,5-6,13H2. The highest BCUT2D eigenvalue weighted by molar-refractivity contribution is 5.72. The first kappa shape index (κ1) is 10.0. The summed E-state index contributed by atoms with van der Waals surface area (Å²) in [6, 6.07) is 7.36. The van der Waals surface area contributed by atoms with Crippen LogP contribution in [0, 0.1) is 0 Å². The maximum atomic E-state index is 5.70. The number of nitrogens with two attached hydrogens (primary N) is 1.